The van der Waals surface area contributed by atoms with Crippen molar-refractivity contribution in [2.24, 2.45) is 0 Å². The van der Waals surface area contributed by atoms with Crippen LogP contribution in [-0.4, -0.2) is 18.6 Å². The van der Waals surface area contributed by atoms with Gasteiger partial charge in [0.05, 0.1) is 7.11 Å². The van der Waals surface area contributed by atoms with Gasteiger partial charge in [0.2, 0.25) is 6.54 Å². The van der Waals surface area contributed by atoms with Crippen LogP contribution in [0.1, 0.15) is 18.1 Å². The minimum Gasteiger partial charge on any atom is -0.493 e. The van der Waals surface area contributed by atoms with Gasteiger partial charge in [0, 0.05) is 4.92 Å². The Labute approximate surface area is 135 Å². The molecule has 0 radical (unpaired) electrons. The summed E-state index contributed by atoms with van der Waals surface area (Å²) in [6, 6.07) is 15.3. The maximum absolute atomic E-state index is 10.5. The van der Waals surface area contributed by atoms with Gasteiger partial charge in [-0.05, 0) is 41.8 Å². The molecule has 0 heterocycles. The van der Waals surface area contributed by atoms with E-state index in [0.717, 1.165) is 16.7 Å². The van der Waals surface area contributed by atoms with Crippen LogP contribution < -0.4 is 9.47 Å². The molecule has 0 aliphatic rings. The van der Waals surface area contributed by atoms with Gasteiger partial charge in [0.15, 0.2) is 11.5 Å². The molecular weight excluding hydrogens is 294 g/mol. The lowest BCUT2D eigenvalue weighted by molar-refractivity contribution is -0.468. The van der Waals surface area contributed by atoms with Crippen molar-refractivity contribution in [3.63, 3.8) is 0 Å². The average molecular weight is 313 g/mol. The fraction of sp³-hybridized carbons (Fsp3) is 0.222. The zero-order chi connectivity index (χ0) is 16.7. The van der Waals surface area contributed by atoms with Gasteiger partial charge >= 0.3 is 0 Å². The summed E-state index contributed by atoms with van der Waals surface area (Å²) in [7, 11) is 1.58. The Balaban J connectivity index is 2.18. The third kappa shape index (κ3) is 4.85. The molecule has 2 aromatic carbocycles. The van der Waals surface area contributed by atoms with Crippen molar-refractivity contribution in [2.45, 2.75) is 13.5 Å². The Morgan fingerprint density at radius 2 is 1.91 bits per heavy atom. The van der Waals surface area contributed by atoms with Crippen LogP contribution >= 0.6 is 0 Å². The molecule has 0 N–H and O–H groups in total. The Morgan fingerprint density at radius 3 is 2.57 bits per heavy atom. The maximum Gasteiger partial charge on any atom is 0.222 e. The fourth-order valence-electron chi connectivity index (χ4n) is 2.10. The summed E-state index contributed by atoms with van der Waals surface area (Å²) in [6.45, 7) is 2.07. The van der Waals surface area contributed by atoms with Crippen molar-refractivity contribution in [3.8, 4) is 11.5 Å². The average Bonchev–Trinajstić information content (AvgIpc) is 2.58. The number of methoxy groups -OCH3 is 1. The first-order valence-corrected chi connectivity index (χ1v) is 7.24. The van der Waals surface area contributed by atoms with Crippen LogP contribution in [0.3, 0.4) is 0 Å². The van der Waals surface area contributed by atoms with E-state index in [1.165, 1.54) is 0 Å². The highest BCUT2D eigenvalue weighted by molar-refractivity contribution is 5.66. The standard InChI is InChI=1S/C18H19NO4/c1-14(10-11-19(20)21)16-8-9-17(22-2)18(12-16)23-13-15-6-4-3-5-7-15/h3-10,12H,11,13H2,1-2H3. The smallest absolute Gasteiger partial charge is 0.222 e. The molecule has 0 aliphatic heterocycles. The summed E-state index contributed by atoms with van der Waals surface area (Å²) < 4.78 is 11.2. The molecule has 0 saturated carbocycles. The highest BCUT2D eigenvalue weighted by Crippen LogP contribution is 2.31. The molecular formula is C18H19NO4. The van der Waals surface area contributed by atoms with Crippen LogP contribution in [0.15, 0.2) is 54.6 Å². The summed E-state index contributed by atoms with van der Waals surface area (Å²) in [5.74, 6) is 1.24. The van der Waals surface area contributed by atoms with Gasteiger partial charge in [0.25, 0.3) is 0 Å². The van der Waals surface area contributed by atoms with Crippen LogP contribution in [0.25, 0.3) is 5.57 Å². The van der Waals surface area contributed by atoms with Gasteiger partial charge in [-0.3, -0.25) is 10.1 Å². The van der Waals surface area contributed by atoms with Crippen molar-refractivity contribution >= 4 is 5.57 Å². The topological polar surface area (TPSA) is 61.6 Å². The summed E-state index contributed by atoms with van der Waals surface area (Å²) in [5.41, 5.74) is 2.75. The van der Waals surface area contributed by atoms with Gasteiger partial charge in [-0.1, -0.05) is 36.4 Å². The van der Waals surface area contributed by atoms with Crippen LogP contribution in [0, 0.1) is 10.1 Å². The molecule has 5 nitrogen and oxygen atoms in total. The van der Waals surface area contributed by atoms with Crippen LogP contribution in [0.2, 0.25) is 0 Å². The van der Waals surface area contributed by atoms with Gasteiger partial charge in [-0.25, -0.2) is 0 Å². The first kappa shape index (κ1) is 16.5. The van der Waals surface area contributed by atoms with Gasteiger partial charge < -0.3 is 9.47 Å². The molecule has 2 aromatic rings. The molecule has 120 valence electrons. The first-order chi connectivity index (χ1) is 11.1. The van der Waals surface area contributed by atoms with E-state index in [1.807, 2.05) is 49.4 Å². The quantitative estimate of drug-likeness (QED) is 0.573. The number of rotatable bonds is 7. The number of benzene rings is 2. The molecule has 5 heteroatoms. The molecule has 0 aromatic heterocycles. The Hall–Kier alpha value is -2.82. The lowest BCUT2D eigenvalue weighted by Crippen LogP contribution is -1.99. The zero-order valence-corrected chi connectivity index (χ0v) is 13.2. The van der Waals surface area contributed by atoms with Crippen LogP contribution in [0.4, 0.5) is 0 Å². The van der Waals surface area contributed by atoms with Crippen LogP contribution in [-0.2, 0) is 6.61 Å². The molecule has 0 unspecified atom stereocenters. The highest BCUT2D eigenvalue weighted by Gasteiger charge is 2.08. The second-order valence-electron chi connectivity index (χ2n) is 5.04. The monoisotopic (exact) mass is 313 g/mol. The second kappa shape index (κ2) is 7.98. The van der Waals surface area contributed by atoms with Gasteiger partial charge in [0.1, 0.15) is 6.61 Å². The number of ether oxygens (including phenoxy) is 2. The molecule has 0 bridgehead atoms. The first-order valence-electron chi connectivity index (χ1n) is 7.24. The van der Waals surface area contributed by atoms with E-state index in [1.54, 1.807) is 19.3 Å². The molecule has 0 aliphatic carbocycles. The third-order valence-electron chi connectivity index (χ3n) is 3.40. The van der Waals surface area contributed by atoms with Crippen molar-refractivity contribution in [3.05, 3.63) is 75.8 Å². The van der Waals surface area contributed by atoms with Gasteiger partial charge in [-0.15, -0.1) is 0 Å². The Kier molecular flexibility index (Phi) is 5.74. The summed E-state index contributed by atoms with van der Waals surface area (Å²) in [4.78, 5) is 10.1. The largest absolute Gasteiger partial charge is 0.493 e. The van der Waals surface area contributed by atoms with E-state index >= 15 is 0 Å². The fourth-order valence-corrected chi connectivity index (χ4v) is 2.10. The van der Waals surface area contributed by atoms with Crippen molar-refractivity contribution in [1.82, 2.24) is 0 Å². The summed E-state index contributed by atoms with van der Waals surface area (Å²) >= 11 is 0. The van der Waals surface area contributed by atoms with E-state index < -0.39 is 0 Å². The van der Waals surface area contributed by atoms with E-state index in [-0.39, 0.29) is 11.5 Å². The Morgan fingerprint density at radius 1 is 1.17 bits per heavy atom. The normalized spacial score (nSPS) is 11.1. The number of allylic oxidation sites excluding steroid dienone is 1. The molecule has 0 saturated heterocycles. The van der Waals surface area contributed by atoms with E-state index in [2.05, 4.69) is 0 Å². The molecule has 0 atom stereocenters. The zero-order valence-electron chi connectivity index (χ0n) is 13.2. The molecule has 0 fully saturated rings. The molecule has 0 spiro atoms. The van der Waals surface area contributed by atoms with Crippen molar-refractivity contribution in [1.29, 1.82) is 0 Å². The lowest BCUT2D eigenvalue weighted by Gasteiger charge is -2.12. The number of nitrogens with zero attached hydrogens (tertiary/aromatic N) is 1. The van der Waals surface area contributed by atoms with E-state index in [4.69, 9.17) is 9.47 Å². The van der Waals surface area contributed by atoms with E-state index in [0.29, 0.717) is 18.1 Å². The minimum atomic E-state index is -0.361. The minimum absolute atomic E-state index is 0.196. The van der Waals surface area contributed by atoms with Crippen LogP contribution in [0.5, 0.6) is 11.5 Å². The SMILES string of the molecule is COc1ccc(C(C)=CC[N+](=O)[O-])cc1OCc1ccccc1. The summed E-state index contributed by atoms with van der Waals surface area (Å²) in [5, 5.41) is 10.5. The number of hydrogen-bond donors (Lipinski definition) is 0. The lowest BCUT2D eigenvalue weighted by atomic mass is 10.1. The van der Waals surface area contributed by atoms with Crippen molar-refractivity contribution in [2.75, 3.05) is 13.7 Å². The predicted molar refractivity (Wildman–Crippen MR) is 89.3 cm³/mol. The number of nitro groups is 1. The number of hydrogen-bond acceptors (Lipinski definition) is 4. The van der Waals surface area contributed by atoms with E-state index in [9.17, 15) is 10.1 Å². The molecule has 0 amide bonds. The predicted octanol–water partition coefficient (Wildman–Crippen LogP) is 3.95. The highest BCUT2D eigenvalue weighted by atomic mass is 16.6. The Bertz CT molecular complexity index is 695. The molecule has 2 rings (SSSR count). The third-order valence-corrected chi connectivity index (χ3v) is 3.40. The van der Waals surface area contributed by atoms with Crippen molar-refractivity contribution < 1.29 is 14.4 Å². The maximum atomic E-state index is 10.5. The van der Waals surface area contributed by atoms with Gasteiger partial charge in [-0.2, -0.15) is 0 Å². The summed E-state index contributed by atoms with van der Waals surface area (Å²) in [6.07, 6.45) is 1.59. The second-order valence-corrected chi connectivity index (χ2v) is 5.04. The molecule has 23 heavy (non-hydrogen) atoms.